The Morgan fingerprint density at radius 2 is 1.24 bits per heavy atom. The Hall–Kier alpha value is -4.86. The SMILES string of the molecule is COC(=O)C1=C(C(=O)OC)C(/C=C/c2ccccc2)N(c2ccc(OC)cc2)C(C(=O)OC)=C1C(=O)OC. The van der Waals surface area contributed by atoms with Crippen molar-refractivity contribution in [1.29, 1.82) is 0 Å². The lowest BCUT2D eigenvalue weighted by Crippen LogP contribution is -2.47. The Kier molecular flexibility index (Phi) is 9.04. The summed E-state index contributed by atoms with van der Waals surface area (Å²) in [5, 5.41) is 0. The van der Waals surface area contributed by atoms with E-state index in [1.807, 2.05) is 30.3 Å². The molecule has 0 radical (unpaired) electrons. The molecule has 3 rings (SSSR count). The number of carbonyl (C=O) groups is 4. The number of esters is 4. The minimum Gasteiger partial charge on any atom is -0.497 e. The fourth-order valence-electron chi connectivity index (χ4n) is 4.02. The molecule has 0 N–H and O–H groups in total. The van der Waals surface area contributed by atoms with Gasteiger partial charge in [-0.25, -0.2) is 19.2 Å². The molecule has 0 saturated heterocycles. The van der Waals surface area contributed by atoms with E-state index in [0.717, 1.165) is 34.0 Å². The quantitative estimate of drug-likeness (QED) is 0.379. The van der Waals surface area contributed by atoms with Crippen LogP contribution in [-0.4, -0.2) is 65.5 Å². The highest BCUT2D eigenvalue weighted by atomic mass is 16.5. The van der Waals surface area contributed by atoms with Gasteiger partial charge in [0.2, 0.25) is 0 Å². The number of benzene rings is 2. The maximum atomic E-state index is 13.3. The molecule has 1 aliphatic heterocycles. The molecule has 38 heavy (non-hydrogen) atoms. The molecule has 0 saturated carbocycles. The molecule has 0 aromatic heterocycles. The number of hydrogen-bond acceptors (Lipinski definition) is 10. The Balaban J connectivity index is 2.48. The summed E-state index contributed by atoms with van der Waals surface area (Å²) in [6.07, 6.45) is 3.31. The first-order valence-electron chi connectivity index (χ1n) is 11.3. The Bertz CT molecular complexity index is 1310. The molecule has 0 aliphatic carbocycles. The summed E-state index contributed by atoms with van der Waals surface area (Å²) in [6, 6.07) is 14.6. The van der Waals surface area contributed by atoms with Crippen LogP contribution in [0.15, 0.2) is 83.1 Å². The van der Waals surface area contributed by atoms with E-state index in [1.165, 1.54) is 12.0 Å². The van der Waals surface area contributed by atoms with Gasteiger partial charge in [-0.05, 0) is 29.8 Å². The predicted molar refractivity (Wildman–Crippen MR) is 137 cm³/mol. The van der Waals surface area contributed by atoms with Crippen LogP contribution in [0.5, 0.6) is 5.75 Å². The van der Waals surface area contributed by atoms with E-state index in [4.69, 9.17) is 23.7 Å². The van der Waals surface area contributed by atoms with Gasteiger partial charge in [-0.1, -0.05) is 42.5 Å². The lowest BCUT2D eigenvalue weighted by Gasteiger charge is -2.38. The maximum absolute atomic E-state index is 13.3. The fraction of sp³-hybridized carbons (Fsp3) is 0.214. The van der Waals surface area contributed by atoms with Crippen LogP contribution in [0.3, 0.4) is 0 Å². The Labute approximate surface area is 219 Å². The molecule has 10 heteroatoms. The number of rotatable bonds is 8. The zero-order chi connectivity index (χ0) is 27.8. The number of nitrogens with zero attached hydrogens (tertiary/aromatic N) is 1. The van der Waals surface area contributed by atoms with Crippen molar-refractivity contribution < 1.29 is 42.9 Å². The maximum Gasteiger partial charge on any atom is 0.355 e. The van der Waals surface area contributed by atoms with Crippen LogP contribution in [-0.2, 0) is 38.1 Å². The van der Waals surface area contributed by atoms with Gasteiger partial charge in [-0.3, -0.25) is 0 Å². The van der Waals surface area contributed by atoms with Crippen molar-refractivity contribution in [2.24, 2.45) is 0 Å². The van der Waals surface area contributed by atoms with Crippen molar-refractivity contribution in [3.8, 4) is 5.75 Å². The Morgan fingerprint density at radius 1 is 0.684 bits per heavy atom. The molecule has 10 nitrogen and oxygen atoms in total. The summed E-state index contributed by atoms with van der Waals surface area (Å²) in [7, 11) is 5.93. The van der Waals surface area contributed by atoms with Crippen molar-refractivity contribution in [2.45, 2.75) is 6.04 Å². The lowest BCUT2D eigenvalue weighted by molar-refractivity contribution is -0.142. The van der Waals surface area contributed by atoms with Gasteiger partial charge in [0, 0.05) is 5.69 Å². The molecule has 1 aliphatic rings. The van der Waals surface area contributed by atoms with Gasteiger partial charge in [0.05, 0.1) is 52.7 Å². The first-order chi connectivity index (χ1) is 18.3. The minimum atomic E-state index is -1.12. The first-order valence-corrected chi connectivity index (χ1v) is 11.3. The average molecular weight is 522 g/mol. The molecule has 1 atom stereocenters. The first kappa shape index (κ1) is 27.7. The molecular weight excluding hydrogens is 494 g/mol. The van der Waals surface area contributed by atoms with Crippen LogP contribution in [0.25, 0.3) is 6.08 Å². The van der Waals surface area contributed by atoms with Gasteiger partial charge in [-0.15, -0.1) is 0 Å². The zero-order valence-electron chi connectivity index (χ0n) is 21.5. The summed E-state index contributed by atoms with van der Waals surface area (Å²) in [5.41, 5.74) is -0.407. The molecule has 0 spiro atoms. The number of methoxy groups -OCH3 is 5. The van der Waals surface area contributed by atoms with Gasteiger partial charge < -0.3 is 28.6 Å². The lowest BCUT2D eigenvalue weighted by atomic mass is 9.86. The third-order valence-corrected chi connectivity index (χ3v) is 5.76. The van der Waals surface area contributed by atoms with Crippen molar-refractivity contribution >= 4 is 35.6 Å². The highest BCUT2D eigenvalue weighted by Crippen LogP contribution is 2.39. The summed E-state index contributed by atoms with van der Waals surface area (Å²) in [4.78, 5) is 54.1. The third kappa shape index (κ3) is 5.44. The fourth-order valence-corrected chi connectivity index (χ4v) is 4.02. The molecule has 0 amide bonds. The summed E-state index contributed by atoms with van der Waals surface area (Å²) < 4.78 is 25.1. The third-order valence-electron chi connectivity index (χ3n) is 5.76. The van der Waals surface area contributed by atoms with Crippen molar-refractivity contribution in [3.05, 3.63) is 88.7 Å². The molecule has 1 unspecified atom stereocenters. The largest absolute Gasteiger partial charge is 0.497 e. The summed E-state index contributed by atoms with van der Waals surface area (Å²) >= 11 is 0. The number of hydrogen-bond donors (Lipinski definition) is 0. The monoisotopic (exact) mass is 521 g/mol. The van der Waals surface area contributed by atoms with E-state index in [-0.39, 0.29) is 11.3 Å². The van der Waals surface area contributed by atoms with Crippen LogP contribution in [0.1, 0.15) is 5.56 Å². The molecule has 0 bridgehead atoms. The van der Waals surface area contributed by atoms with E-state index < -0.39 is 41.1 Å². The highest BCUT2D eigenvalue weighted by Gasteiger charge is 2.46. The normalized spacial score (nSPS) is 15.3. The topological polar surface area (TPSA) is 118 Å². The van der Waals surface area contributed by atoms with Crippen LogP contribution >= 0.6 is 0 Å². The van der Waals surface area contributed by atoms with E-state index in [2.05, 4.69) is 0 Å². The number of ether oxygens (including phenoxy) is 5. The van der Waals surface area contributed by atoms with Gasteiger partial charge in [-0.2, -0.15) is 0 Å². The molecule has 198 valence electrons. The van der Waals surface area contributed by atoms with Gasteiger partial charge in [0.15, 0.2) is 0 Å². The molecule has 0 fully saturated rings. The predicted octanol–water partition coefficient (Wildman–Crippen LogP) is 2.84. The molecule has 2 aromatic carbocycles. The molecule has 2 aromatic rings. The summed E-state index contributed by atoms with van der Waals surface area (Å²) in [6.45, 7) is 0. The number of carbonyl (C=O) groups excluding carboxylic acids is 4. The number of anilines is 1. The van der Waals surface area contributed by atoms with Crippen molar-refractivity contribution in [1.82, 2.24) is 0 Å². The highest BCUT2D eigenvalue weighted by molar-refractivity contribution is 6.18. The van der Waals surface area contributed by atoms with Crippen LogP contribution in [0, 0.1) is 0 Å². The smallest absolute Gasteiger partial charge is 0.355 e. The Morgan fingerprint density at radius 3 is 1.76 bits per heavy atom. The second-order valence-electron chi connectivity index (χ2n) is 7.76. The van der Waals surface area contributed by atoms with Crippen LogP contribution in [0.4, 0.5) is 5.69 Å². The summed E-state index contributed by atoms with van der Waals surface area (Å²) in [5.74, 6) is -3.45. The second-order valence-corrected chi connectivity index (χ2v) is 7.76. The van der Waals surface area contributed by atoms with Gasteiger partial charge >= 0.3 is 23.9 Å². The van der Waals surface area contributed by atoms with E-state index in [9.17, 15) is 19.2 Å². The van der Waals surface area contributed by atoms with E-state index in [1.54, 1.807) is 36.4 Å². The van der Waals surface area contributed by atoms with Crippen LogP contribution < -0.4 is 9.64 Å². The van der Waals surface area contributed by atoms with Gasteiger partial charge in [0.25, 0.3) is 0 Å². The van der Waals surface area contributed by atoms with E-state index >= 15 is 0 Å². The van der Waals surface area contributed by atoms with Crippen LogP contribution in [0.2, 0.25) is 0 Å². The van der Waals surface area contributed by atoms with Crippen molar-refractivity contribution in [2.75, 3.05) is 40.4 Å². The van der Waals surface area contributed by atoms with Gasteiger partial charge in [0.1, 0.15) is 17.0 Å². The zero-order valence-corrected chi connectivity index (χ0v) is 21.5. The molecular formula is C28H27NO9. The standard InChI is InChI=1S/C28H27NO9/c1-34-19-14-12-18(13-15-19)29-20(16-11-17-9-7-6-8-10-17)21(25(30)35-2)22(26(31)36-3)23(27(32)37-4)24(29)28(33)38-5/h6-16,20H,1-5H3/b16-11+. The second kappa shape index (κ2) is 12.4. The molecule has 1 heterocycles. The van der Waals surface area contributed by atoms with E-state index in [0.29, 0.717) is 11.4 Å². The van der Waals surface area contributed by atoms with Crippen molar-refractivity contribution in [3.63, 3.8) is 0 Å². The minimum absolute atomic E-state index is 0.240. The average Bonchev–Trinajstić information content (AvgIpc) is 2.97.